The van der Waals surface area contributed by atoms with Gasteiger partial charge in [0, 0.05) is 60.0 Å². The van der Waals surface area contributed by atoms with Crippen LogP contribution in [0.4, 0.5) is 0 Å². The van der Waals surface area contributed by atoms with Crippen molar-refractivity contribution in [2.75, 3.05) is 26.9 Å². The third-order valence-electron chi connectivity index (χ3n) is 11.3. The van der Waals surface area contributed by atoms with E-state index in [1.54, 1.807) is 30.3 Å². The molecule has 2 fully saturated rings. The Morgan fingerprint density at radius 3 is 1.94 bits per heavy atom. The maximum absolute atomic E-state index is 14.6. The van der Waals surface area contributed by atoms with E-state index in [-0.39, 0.29) is 16.6 Å². The predicted octanol–water partition coefficient (Wildman–Crippen LogP) is 8.08. The summed E-state index contributed by atoms with van der Waals surface area (Å²) in [6.07, 6.45) is -4.20. The number of rotatable bonds is 14. The number of esters is 4. The number of piperidine rings is 1. The molecular weight excluding hydrogens is 835 g/mol. The van der Waals surface area contributed by atoms with Gasteiger partial charge < -0.3 is 37.6 Å². The van der Waals surface area contributed by atoms with Crippen LogP contribution in [0.2, 0.25) is 18.1 Å². The molecule has 5 atom stereocenters. The van der Waals surface area contributed by atoms with E-state index in [4.69, 9.17) is 37.6 Å². The minimum atomic E-state index is -2.13. The highest BCUT2D eigenvalue weighted by Crippen LogP contribution is 2.43. The molecule has 3 aromatic carbocycles. The number of fused-ring (bicyclic) bond motifs is 1. The molecule has 4 aromatic rings. The maximum Gasteiger partial charge on any atom is 0.339 e. The van der Waals surface area contributed by atoms with E-state index in [0.29, 0.717) is 38.6 Å². The summed E-state index contributed by atoms with van der Waals surface area (Å²) < 4.78 is 46.9. The smallest absolute Gasteiger partial charge is 0.339 e. The van der Waals surface area contributed by atoms with Crippen molar-refractivity contribution < 1.29 is 61.6 Å². The zero-order chi connectivity index (χ0) is 44.9. The molecule has 0 aliphatic carbocycles. The fourth-order valence-electron chi connectivity index (χ4n) is 7.11. The molecule has 16 heteroatoms. The molecule has 0 radical (unpaired) electrons. The van der Waals surface area contributed by atoms with Gasteiger partial charge in [-0.3, -0.25) is 24.1 Å². The van der Waals surface area contributed by atoms with Crippen molar-refractivity contribution in [1.82, 2.24) is 4.90 Å². The lowest BCUT2D eigenvalue weighted by molar-refractivity contribution is -0.282. The van der Waals surface area contributed by atoms with Crippen molar-refractivity contribution >= 4 is 59.4 Å². The van der Waals surface area contributed by atoms with Crippen molar-refractivity contribution in [1.29, 1.82) is 0 Å². The largest absolute Gasteiger partial charge is 0.544 e. The molecule has 0 N–H and O–H groups in total. The van der Waals surface area contributed by atoms with E-state index < -0.39 is 62.9 Å². The number of thiophene rings is 1. The fourth-order valence-corrected chi connectivity index (χ4v) is 9.38. The van der Waals surface area contributed by atoms with Crippen LogP contribution < -0.4 is 13.9 Å². The molecule has 14 nitrogen and oxygen atoms in total. The molecule has 62 heavy (non-hydrogen) atoms. The maximum atomic E-state index is 14.6. The van der Waals surface area contributed by atoms with Crippen LogP contribution in [-0.2, 0) is 42.9 Å². The molecule has 0 saturated carbocycles. The molecule has 6 rings (SSSR count). The van der Waals surface area contributed by atoms with Crippen LogP contribution in [0.5, 0.6) is 17.2 Å². The molecule has 332 valence electrons. The van der Waals surface area contributed by atoms with Gasteiger partial charge in [0.2, 0.25) is 20.7 Å². The molecule has 1 aromatic heterocycles. The second-order valence-corrected chi connectivity index (χ2v) is 22.7. The number of carbonyl (C=O) groups is 5. The number of ketones is 1. The van der Waals surface area contributed by atoms with Crippen LogP contribution in [-0.4, -0.2) is 101 Å². The van der Waals surface area contributed by atoms with Crippen molar-refractivity contribution in [2.45, 2.75) is 110 Å². The lowest BCUT2D eigenvalue weighted by Crippen LogP contribution is -2.64. The van der Waals surface area contributed by atoms with E-state index in [1.807, 2.05) is 36.4 Å². The molecule has 0 bridgehead atoms. The van der Waals surface area contributed by atoms with Crippen molar-refractivity contribution in [3.05, 3.63) is 77.9 Å². The summed E-state index contributed by atoms with van der Waals surface area (Å²) >= 11 is 1.37. The Hall–Kier alpha value is -5.29. The third-order valence-corrected chi connectivity index (χ3v) is 16.8. The average Bonchev–Trinajstić information content (AvgIpc) is 3.60. The highest BCUT2D eigenvalue weighted by molar-refractivity contribution is 7.22. The van der Waals surface area contributed by atoms with Gasteiger partial charge in [0.15, 0.2) is 24.1 Å². The van der Waals surface area contributed by atoms with E-state index in [0.717, 1.165) is 65.1 Å². The van der Waals surface area contributed by atoms with Gasteiger partial charge in [0.05, 0.1) is 7.11 Å². The Bertz CT molecular complexity index is 2260. The standard InChI is InChI=1S/C46H55NO13SSi/c1-27(48)55-39-40(56-28(2)49)42(57-29(3)50)45(59-41(39)44(52)53-7)58-34-21-22-35-36(25-34)61-43(31-15-19-33(20-16-31)60-62(8,9)46(4,5)6)37(35)38(51)30-13-17-32(18-14-30)54-26-47-23-11-10-12-24-47/h13-22,25,39-42,45H,10-12,23-24,26H2,1-9H3/t39-,40-,41?,42?,45-/m1/s1. The number of nitrogens with zero attached hydrogens (tertiary/aromatic N) is 1. The number of hydrogen-bond donors (Lipinski definition) is 0. The van der Waals surface area contributed by atoms with Gasteiger partial charge in [-0.1, -0.05) is 27.2 Å². The highest BCUT2D eigenvalue weighted by atomic mass is 32.1. The zero-order valence-electron chi connectivity index (χ0n) is 36.6. The number of benzene rings is 3. The lowest BCUT2D eigenvalue weighted by Gasteiger charge is -2.43. The first kappa shape index (κ1) is 46.2. The van der Waals surface area contributed by atoms with Crippen LogP contribution >= 0.6 is 11.3 Å². The summed E-state index contributed by atoms with van der Waals surface area (Å²) in [4.78, 5) is 67.5. The Morgan fingerprint density at radius 2 is 1.34 bits per heavy atom. The van der Waals surface area contributed by atoms with Gasteiger partial charge in [-0.05, 0) is 103 Å². The summed E-state index contributed by atoms with van der Waals surface area (Å²) in [5.41, 5.74) is 1.75. The lowest BCUT2D eigenvalue weighted by atomic mass is 9.97. The Balaban J connectivity index is 1.37. The molecule has 3 heterocycles. The molecule has 2 aliphatic heterocycles. The minimum Gasteiger partial charge on any atom is -0.544 e. The zero-order valence-corrected chi connectivity index (χ0v) is 38.5. The van der Waals surface area contributed by atoms with Crippen LogP contribution in [0.1, 0.15) is 76.7 Å². The van der Waals surface area contributed by atoms with Crippen LogP contribution in [0.25, 0.3) is 20.5 Å². The SMILES string of the molecule is COC(=O)C1O[C@@H](Oc2ccc3c(C(=O)c4ccc(OCN5CCCCC5)cc4)c(-c4ccc(O[Si](C)(C)C(C)(C)C)cc4)sc3c2)C(OC(C)=O)[C@H](OC(C)=O)[C@H]1OC(C)=O. The second kappa shape index (κ2) is 19.4. The quantitative estimate of drug-likeness (QED) is 0.0517. The summed E-state index contributed by atoms with van der Waals surface area (Å²) in [6, 6.07) is 20.0. The Morgan fingerprint density at radius 1 is 0.758 bits per heavy atom. The minimum absolute atomic E-state index is 0.00283. The van der Waals surface area contributed by atoms with Gasteiger partial charge in [-0.2, -0.15) is 0 Å². The molecule has 0 amide bonds. The molecule has 2 aliphatic rings. The number of likely N-dealkylation sites (tertiary alicyclic amines) is 1. The first-order chi connectivity index (χ1) is 29.3. The summed E-state index contributed by atoms with van der Waals surface area (Å²) in [5, 5.41) is 0.646. The molecule has 0 spiro atoms. The number of hydrogen-bond acceptors (Lipinski definition) is 15. The molecular formula is C46H55NO13SSi. The first-order valence-electron chi connectivity index (χ1n) is 20.6. The average molecular weight is 890 g/mol. The topological polar surface area (TPSA) is 162 Å². The molecule has 2 saturated heterocycles. The Labute approximate surface area is 366 Å². The van der Waals surface area contributed by atoms with E-state index in [2.05, 4.69) is 38.8 Å². The summed E-state index contributed by atoms with van der Waals surface area (Å²) in [7, 11) is -1.02. The fraction of sp³-hybridized carbons (Fsp3) is 0.457. The number of methoxy groups -OCH3 is 1. The van der Waals surface area contributed by atoms with Crippen LogP contribution in [0.15, 0.2) is 66.7 Å². The van der Waals surface area contributed by atoms with Crippen molar-refractivity contribution in [3.8, 4) is 27.7 Å². The third kappa shape index (κ3) is 10.8. The monoisotopic (exact) mass is 889 g/mol. The Kier molecular flexibility index (Phi) is 14.5. The van der Waals surface area contributed by atoms with Crippen molar-refractivity contribution in [3.63, 3.8) is 0 Å². The van der Waals surface area contributed by atoms with Crippen molar-refractivity contribution in [2.24, 2.45) is 0 Å². The van der Waals surface area contributed by atoms with E-state index in [9.17, 15) is 24.0 Å². The summed E-state index contributed by atoms with van der Waals surface area (Å²) in [5.74, 6) is -1.94. The number of ether oxygens (including phenoxy) is 7. The van der Waals surface area contributed by atoms with Gasteiger partial charge in [-0.25, -0.2) is 4.79 Å². The molecule has 2 unspecified atom stereocenters. The van der Waals surface area contributed by atoms with Gasteiger partial charge in [0.25, 0.3) is 0 Å². The van der Waals surface area contributed by atoms with Crippen LogP contribution in [0, 0.1) is 0 Å². The summed E-state index contributed by atoms with van der Waals surface area (Å²) in [6.45, 7) is 16.7. The normalized spacial score (nSPS) is 20.8. The van der Waals surface area contributed by atoms with Gasteiger partial charge >= 0.3 is 23.9 Å². The number of carbonyl (C=O) groups excluding carboxylic acids is 5. The van der Waals surface area contributed by atoms with Gasteiger partial charge in [0.1, 0.15) is 24.0 Å². The second-order valence-electron chi connectivity index (χ2n) is 16.9. The predicted molar refractivity (Wildman–Crippen MR) is 234 cm³/mol. The van der Waals surface area contributed by atoms with E-state index in [1.165, 1.54) is 17.8 Å². The highest BCUT2D eigenvalue weighted by Gasteiger charge is 2.56. The van der Waals surface area contributed by atoms with E-state index >= 15 is 0 Å². The van der Waals surface area contributed by atoms with Crippen LogP contribution in [0.3, 0.4) is 0 Å². The van der Waals surface area contributed by atoms with Gasteiger partial charge in [-0.15, -0.1) is 11.3 Å². The first-order valence-corrected chi connectivity index (χ1v) is 24.3.